The van der Waals surface area contributed by atoms with Crippen LogP contribution in [0.15, 0.2) is 12.2 Å². The lowest BCUT2D eigenvalue weighted by Gasteiger charge is -2.04. The van der Waals surface area contributed by atoms with Gasteiger partial charge in [-0.25, -0.2) is 9.59 Å². The van der Waals surface area contributed by atoms with E-state index in [1.807, 2.05) is 0 Å². The smallest absolute Gasteiger partial charge is 0.463 e. The number of hydrogen-bond donors (Lipinski definition) is 0. The van der Waals surface area contributed by atoms with Gasteiger partial charge in [-0.1, -0.05) is 0 Å². The summed E-state index contributed by atoms with van der Waals surface area (Å²) in [4.78, 5) is 20.8. The number of esters is 2. The van der Waals surface area contributed by atoms with Crippen molar-refractivity contribution in [2.45, 2.75) is 13.1 Å². The van der Waals surface area contributed by atoms with Crippen LogP contribution in [0.2, 0.25) is 0 Å². The Morgan fingerprint density at radius 1 is 1.27 bits per heavy atom. The monoisotopic (exact) mass is 226 g/mol. The van der Waals surface area contributed by atoms with E-state index >= 15 is 0 Å². The SMILES string of the molecule is CCOC(=O)/C=C/COC(=O)C(F)(F)F. The molecule has 86 valence electrons. The summed E-state index contributed by atoms with van der Waals surface area (Å²) in [7, 11) is 0. The van der Waals surface area contributed by atoms with E-state index in [9.17, 15) is 22.8 Å². The normalized spacial score (nSPS) is 11.5. The second-order valence-electron chi connectivity index (χ2n) is 2.25. The quantitative estimate of drug-likeness (QED) is 0.534. The first-order valence-electron chi connectivity index (χ1n) is 3.95. The Hall–Kier alpha value is -1.53. The zero-order valence-electron chi connectivity index (χ0n) is 7.84. The van der Waals surface area contributed by atoms with E-state index in [0.29, 0.717) is 0 Å². The average Bonchev–Trinajstić information content (AvgIpc) is 2.11. The van der Waals surface area contributed by atoms with Crippen LogP contribution in [-0.4, -0.2) is 31.3 Å². The molecule has 0 saturated heterocycles. The maximum absolute atomic E-state index is 11.6. The topological polar surface area (TPSA) is 52.6 Å². The Balaban J connectivity index is 3.80. The zero-order chi connectivity index (χ0) is 11.9. The number of rotatable bonds is 4. The Labute approximate surface area is 83.7 Å². The van der Waals surface area contributed by atoms with Gasteiger partial charge in [0, 0.05) is 6.08 Å². The predicted molar refractivity (Wildman–Crippen MR) is 42.8 cm³/mol. The van der Waals surface area contributed by atoms with Gasteiger partial charge in [0.15, 0.2) is 0 Å². The minimum Gasteiger partial charge on any atom is -0.463 e. The first-order chi connectivity index (χ1) is 6.88. The zero-order valence-corrected chi connectivity index (χ0v) is 7.84. The van der Waals surface area contributed by atoms with Gasteiger partial charge < -0.3 is 9.47 Å². The van der Waals surface area contributed by atoms with E-state index in [0.717, 1.165) is 12.2 Å². The Kier molecular flexibility index (Phi) is 5.43. The number of hydrogen-bond acceptors (Lipinski definition) is 4. The second kappa shape index (κ2) is 6.05. The van der Waals surface area contributed by atoms with Crippen molar-refractivity contribution in [3.63, 3.8) is 0 Å². The minimum absolute atomic E-state index is 0.158. The standard InChI is InChI=1S/C8H9F3O4/c1-2-14-6(12)4-3-5-15-7(13)8(9,10)11/h3-4H,2,5H2,1H3/b4-3+. The number of carbonyl (C=O) groups is 2. The molecular formula is C8H9F3O4. The van der Waals surface area contributed by atoms with Gasteiger partial charge in [0.05, 0.1) is 6.61 Å². The van der Waals surface area contributed by atoms with E-state index in [1.54, 1.807) is 6.92 Å². The maximum atomic E-state index is 11.6. The fraction of sp³-hybridized carbons (Fsp3) is 0.500. The van der Waals surface area contributed by atoms with Crippen LogP contribution in [0.25, 0.3) is 0 Å². The predicted octanol–water partition coefficient (Wildman–Crippen LogP) is 1.21. The van der Waals surface area contributed by atoms with Crippen molar-refractivity contribution in [2.24, 2.45) is 0 Å². The van der Waals surface area contributed by atoms with Crippen molar-refractivity contribution < 1.29 is 32.2 Å². The number of carbonyl (C=O) groups excluding carboxylic acids is 2. The number of halogens is 3. The van der Waals surface area contributed by atoms with Crippen LogP contribution in [0.4, 0.5) is 13.2 Å². The molecular weight excluding hydrogens is 217 g/mol. The van der Waals surface area contributed by atoms with Gasteiger partial charge >= 0.3 is 18.1 Å². The summed E-state index contributed by atoms with van der Waals surface area (Å²) < 4.78 is 42.9. The highest BCUT2D eigenvalue weighted by atomic mass is 19.4. The molecule has 4 nitrogen and oxygen atoms in total. The molecule has 0 fully saturated rings. The first-order valence-corrected chi connectivity index (χ1v) is 3.95. The van der Waals surface area contributed by atoms with Gasteiger partial charge in [0.2, 0.25) is 0 Å². The molecule has 0 N–H and O–H groups in total. The van der Waals surface area contributed by atoms with Crippen LogP contribution in [0.5, 0.6) is 0 Å². The molecule has 0 aromatic rings. The molecule has 0 bridgehead atoms. The van der Waals surface area contributed by atoms with Crippen LogP contribution < -0.4 is 0 Å². The molecule has 0 radical (unpaired) electrons. The summed E-state index contributed by atoms with van der Waals surface area (Å²) in [5.74, 6) is -3.00. The molecule has 0 heterocycles. The second-order valence-corrected chi connectivity index (χ2v) is 2.25. The van der Waals surface area contributed by atoms with Crippen LogP contribution >= 0.6 is 0 Å². The van der Waals surface area contributed by atoms with Crippen molar-refractivity contribution in [2.75, 3.05) is 13.2 Å². The molecule has 15 heavy (non-hydrogen) atoms. The molecule has 0 aliphatic carbocycles. The van der Waals surface area contributed by atoms with Gasteiger partial charge in [0.1, 0.15) is 6.61 Å². The summed E-state index contributed by atoms with van der Waals surface area (Å²) in [5.41, 5.74) is 0. The van der Waals surface area contributed by atoms with Gasteiger partial charge in [0.25, 0.3) is 0 Å². The summed E-state index contributed by atoms with van der Waals surface area (Å²) in [6.45, 7) is 1.11. The molecule has 0 aliphatic heterocycles. The van der Waals surface area contributed by atoms with Crippen LogP contribution in [0.3, 0.4) is 0 Å². The summed E-state index contributed by atoms with van der Waals surface area (Å²) >= 11 is 0. The largest absolute Gasteiger partial charge is 0.490 e. The fourth-order valence-corrected chi connectivity index (χ4v) is 0.540. The third-order valence-electron chi connectivity index (χ3n) is 1.08. The highest BCUT2D eigenvalue weighted by Gasteiger charge is 2.40. The minimum atomic E-state index is -5.02. The molecule has 0 amide bonds. The lowest BCUT2D eigenvalue weighted by Crippen LogP contribution is -2.25. The van der Waals surface area contributed by atoms with Crippen LogP contribution in [0.1, 0.15) is 6.92 Å². The van der Waals surface area contributed by atoms with Crippen molar-refractivity contribution in [1.82, 2.24) is 0 Å². The van der Waals surface area contributed by atoms with Crippen LogP contribution in [-0.2, 0) is 19.1 Å². The van der Waals surface area contributed by atoms with Crippen molar-refractivity contribution in [3.05, 3.63) is 12.2 Å². The van der Waals surface area contributed by atoms with Crippen molar-refractivity contribution in [3.8, 4) is 0 Å². The van der Waals surface area contributed by atoms with Crippen molar-refractivity contribution in [1.29, 1.82) is 0 Å². The first kappa shape index (κ1) is 13.5. The lowest BCUT2D eigenvalue weighted by atomic mass is 10.5. The molecule has 0 aromatic heterocycles. The van der Waals surface area contributed by atoms with E-state index in [1.165, 1.54) is 0 Å². The summed E-state index contributed by atoms with van der Waals surface area (Å²) in [6.07, 6.45) is -3.17. The van der Waals surface area contributed by atoms with Gasteiger partial charge in [-0.2, -0.15) is 13.2 Å². The number of alkyl halides is 3. The summed E-state index contributed by atoms with van der Waals surface area (Å²) in [5, 5.41) is 0. The third kappa shape index (κ3) is 6.53. The van der Waals surface area contributed by atoms with E-state index in [4.69, 9.17) is 0 Å². The molecule has 7 heteroatoms. The molecule has 0 atom stereocenters. The molecule has 0 rings (SSSR count). The Morgan fingerprint density at radius 2 is 1.87 bits per heavy atom. The fourth-order valence-electron chi connectivity index (χ4n) is 0.540. The van der Waals surface area contributed by atoms with E-state index in [2.05, 4.69) is 9.47 Å². The van der Waals surface area contributed by atoms with Gasteiger partial charge in [-0.15, -0.1) is 0 Å². The van der Waals surface area contributed by atoms with Gasteiger partial charge in [-0.05, 0) is 13.0 Å². The maximum Gasteiger partial charge on any atom is 0.490 e. The van der Waals surface area contributed by atoms with Crippen LogP contribution in [0, 0.1) is 0 Å². The summed E-state index contributed by atoms with van der Waals surface area (Å²) in [6, 6.07) is 0. The van der Waals surface area contributed by atoms with Gasteiger partial charge in [-0.3, -0.25) is 0 Å². The van der Waals surface area contributed by atoms with Crippen molar-refractivity contribution >= 4 is 11.9 Å². The highest BCUT2D eigenvalue weighted by molar-refractivity contribution is 5.82. The molecule has 0 spiro atoms. The Bertz CT molecular complexity index is 257. The lowest BCUT2D eigenvalue weighted by molar-refractivity contribution is -0.198. The number of ether oxygens (including phenoxy) is 2. The van der Waals surface area contributed by atoms with E-state index < -0.39 is 24.7 Å². The highest BCUT2D eigenvalue weighted by Crippen LogP contribution is 2.16. The van der Waals surface area contributed by atoms with E-state index in [-0.39, 0.29) is 6.61 Å². The molecule has 0 aromatic carbocycles. The average molecular weight is 226 g/mol. The molecule has 0 unspecified atom stereocenters. The Morgan fingerprint density at radius 3 is 2.33 bits per heavy atom. The third-order valence-corrected chi connectivity index (χ3v) is 1.08. The molecule has 0 aliphatic rings. The molecule has 0 saturated carbocycles.